The summed E-state index contributed by atoms with van der Waals surface area (Å²) in [5.74, 6) is 1.79. The van der Waals surface area contributed by atoms with E-state index in [1.807, 2.05) is 25.1 Å². The molecule has 0 radical (unpaired) electrons. The molecular weight excluding hydrogens is 256 g/mol. The molecule has 0 spiro atoms. The van der Waals surface area contributed by atoms with Crippen molar-refractivity contribution in [3.05, 3.63) is 23.8 Å². The highest BCUT2D eigenvalue weighted by Crippen LogP contribution is 2.34. The van der Waals surface area contributed by atoms with E-state index in [0.29, 0.717) is 19.8 Å². The third-order valence-corrected chi connectivity index (χ3v) is 3.22. The predicted octanol–water partition coefficient (Wildman–Crippen LogP) is 2.47. The molecule has 0 saturated carbocycles. The summed E-state index contributed by atoms with van der Waals surface area (Å²) < 4.78 is 11.1. The molecule has 2 N–H and O–H groups in total. The van der Waals surface area contributed by atoms with E-state index in [0.717, 1.165) is 17.1 Å². The van der Waals surface area contributed by atoms with Crippen LogP contribution in [-0.2, 0) is 0 Å². The quantitative estimate of drug-likeness (QED) is 0.889. The van der Waals surface area contributed by atoms with Crippen molar-refractivity contribution in [1.29, 1.82) is 0 Å². The van der Waals surface area contributed by atoms with E-state index < -0.39 is 0 Å². The predicted molar refractivity (Wildman–Crippen MR) is 77.2 cm³/mol. The molecule has 1 aromatic carbocycles. The molecule has 1 unspecified atom stereocenters. The van der Waals surface area contributed by atoms with Gasteiger partial charge in [0.15, 0.2) is 11.5 Å². The van der Waals surface area contributed by atoms with Gasteiger partial charge in [-0.2, -0.15) is 0 Å². The number of carbonyl (C=O) groups excluding carboxylic acids is 1. The maximum absolute atomic E-state index is 11.7. The zero-order valence-corrected chi connectivity index (χ0v) is 12.2. The van der Waals surface area contributed by atoms with Crippen LogP contribution in [0.25, 0.3) is 0 Å². The minimum Gasteiger partial charge on any atom is -0.486 e. The van der Waals surface area contributed by atoms with Crippen LogP contribution in [0.15, 0.2) is 18.2 Å². The lowest BCUT2D eigenvalue weighted by Gasteiger charge is -2.25. The summed E-state index contributed by atoms with van der Waals surface area (Å²) in [6.07, 6.45) is 0. The Morgan fingerprint density at radius 2 is 1.95 bits per heavy atom. The average Bonchev–Trinajstić information content (AvgIpc) is 2.44. The van der Waals surface area contributed by atoms with Crippen molar-refractivity contribution in [2.24, 2.45) is 5.92 Å². The number of ether oxygens (including phenoxy) is 2. The number of hydrogen-bond donors (Lipinski definition) is 2. The molecule has 5 heteroatoms. The van der Waals surface area contributed by atoms with Crippen LogP contribution in [0.2, 0.25) is 0 Å². The third-order valence-electron chi connectivity index (χ3n) is 3.22. The van der Waals surface area contributed by atoms with Gasteiger partial charge >= 0.3 is 6.03 Å². The standard InChI is InChI=1S/C15H22N2O3/c1-4-16-15(18)17-14(10(2)3)11-5-6-12-13(9-11)20-8-7-19-12/h5-6,9-10,14H,4,7-8H2,1-3H3,(H2,16,17,18). The fraction of sp³-hybridized carbons (Fsp3) is 0.533. The summed E-state index contributed by atoms with van der Waals surface area (Å²) in [6, 6.07) is 5.62. The lowest BCUT2D eigenvalue weighted by molar-refractivity contribution is 0.171. The van der Waals surface area contributed by atoms with Crippen LogP contribution in [0.5, 0.6) is 11.5 Å². The van der Waals surface area contributed by atoms with Gasteiger partial charge in [0.2, 0.25) is 0 Å². The normalized spacial score (nSPS) is 14.8. The zero-order valence-electron chi connectivity index (χ0n) is 12.2. The van der Waals surface area contributed by atoms with E-state index in [2.05, 4.69) is 24.5 Å². The Balaban J connectivity index is 2.18. The summed E-state index contributed by atoms with van der Waals surface area (Å²) >= 11 is 0. The van der Waals surface area contributed by atoms with Crippen LogP contribution in [-0.4, -0.2) is 25.8 Å². The highest BCUT2D eigenvalue weighted by molar-refractivity contribution is 5.74. The van der Waals surface area contributed by atoms with E-state index in [-0.39, 0.29) is 18.0 Å². The molecule has 0 saturated heterocycles. The molecule has 5 nitrogen and oxygen atoms in total. The van der Waals surface area contributed by atoms with Crippen LogP contribution in [0.3, 0.4) is 0 Å². The molecule has 1 aliphatic rings. The molecule has 2 amide bonds. The number of hydrogen-bond acceptors (Lipinski definition) is 3. The first-order valence-electron chi connectivity index (χ1n) is 7.05. The second-order valence-electron chi connectivity index (χ2n) is 5.13. The number of amides is 2. The Morgan fingerprint density at radius 3 is 2.60 bits per heavy atom. The summed E-state index contributed by atoms with van der Waals surface area (Å²) in [5, 5.41) is 5.75. The number of rotatable bonds is 4. The molecule has 20 heavy (non-hydrogen) atoms. The van der Waals surface area contributed by atoms with Gasteiger partial charge in [-0.1, -0.05) is 19.9 Å². The van der Waals surface area contributed by atoms with Crippen LogP contribution in [0.4, 0.5) is 4.79 Å². The molecular formula is C15H22N2O3. The zero-order chi connectivity index (χ0) is 14.5. The molecule has 0 aromatic heterocycles. The summed E-state index contributed by atoms with van der Waals surface area (Å²) in [7, 11) is 0. The molecule has 1 heterocycles. The number of nitrogens with one attached hydrogen (secondary N) is 2. The highest BCUT2D eigenvalue weighted by atomic mass is 16.6. The second-order valence-corrected chi connectivity index (χ2v) is 5.13. The maximum Gasteiger partial charge on any atom is 0.315 e. The molecule has 1 aromatic rings. The van der Waals surface area contributed by atoms with Crippen molar-refractivity contribution in [3.63, 3.8) is 0 Å². The van der Waals surface area contributed by atoms with Crippen LogP contribution >= 0.6 is 0 Å². The molecule has 1 atom stereocenters. The van der Waals surface area contributed by atoms with Crippen molar-refractivity contribution in [2.75, 3.05) is 19.8 Å². The molecule has 2 rings (SSSR count). The first-order valence-corrected chi connectivity index (χ1v) is 7.05. The maximum atomic E-state index is 11.7. The first-order chi connectivity index (χ1) is 9.61. The summed E-state index contributed by atoms with van der Waals surface area (Å²) in [4.78, 5) is 11.7. The monoisotopic (exact) mass is 278 g/mol. The van der Waals surface area contributed by atoms with Gasteiger partial charge in [-0.05, 0) is 30.5 Å². The molecule has 0 aliphatic carbocycles. The fourth-order valence-electron chi connectivity index (χ4n) is 2.24. The van der Waals surface area contributed by atoms with Crippen LogP contribution < -0.4 is 20.1 Å². The minimum absolute atomic E-state index is 0.0580. The van der Waals surface area contributed by atoms with Crippen LogP contribution in [0.1, 0.15) is 32.4 Å². The van der Waals surface area contributed by atoms with E-state index >= 15 is 0 Å². The molecule has 0 bridgehead atoms. The lowest BCUT2D eigenvalue weighted by Crippen LogP contribution is -2.39. The largest absolute Gasteiger partial charge is 0.486 e. The van der Waals surface area contributed by atoms with Gasteiger partial charge in [-0.3, -0.25) is 0 Å². The third kappa shape index (κ3) is 3.35. The number of urea groups is 1. The SMILES string of the molecule is CCNC(=O)NC(c1ccc2c(c1)OCCO2)C(C)C. The highest BCUT2D eigenvalue weighted by Gasteiger charge is 2.21. The lowest BCUT2D eigenvalue weighted by atomic mass is 9.95. The van der Waals surface area contributed by atoms with E-state index in [1.165, 1.54) is 0 Å². The molecule has 1 aliphatic heterocycles. The van der Waals surface area contributed by atoms with Crippen molar-refractivity contribution in [2.45, 2.75) is 26.8 Å². The van der Waals surface area contributed by atoms with E-state index in [4.69, 9.17) is 9.47 Å². The van der Waals surface area contributed by atoms with Crippen LogP contribution in [0, 0.1) is 5.92 Å². The smallest absolute Gasteiger partial charge is 0.315 e. The van der Waals surface area contributed by atoms with Crippen molar-refractivity contribution < 1.29 is 14.3 Å². The average molecular weight is 278 g/mol. The Kier molecular flexibility index (Phi) is 4.71. The van der Waals surface area contributed by atoms with E-state index in [9.17, 15) is 4.79 Å². The molecule has 110 valence electrons. The van der Waals surface area contributed by atoms with Gasteiger partial charge in [-0.15, -0.1) is 0 Å². The first kappa shape index (κ1) is 14.5. The number of carbonyl (C=O) groups is 1. The molecule has 0 fully saturated rings. The summed E-state index contributed by atoms with van der Waals surface area (Å²) in [5.41, 5.74) is 1.02. The van der Waals surface area contributed by atoms with Gasteiger partial charge in [0.05, 0.1) is 6.04 Å². The fourth-order valence-corrected chi connectivity index (χ4v) is 2.24. The van der Waals surface area contributed by atoms with Gasteiger partial charge < -0.3 is 20.1 Å². The van der Waals surface area contributed by atoms with Crippen molar-refractivity contribution >= 4 is 6.03 Å². The minimum atomic E-state index is -0.152. The topological polar surface area (TPSA) is 59.6 Å². The Labute approximate surface area is 119 Å². The van der Waals surface area contributed by atoms with Gasteiger partial charge in [0.25, 0.3) is 0 Å². The Bertz CT molecular complexity index is 474. The van der Waals surface area contributed by atoms with Gasteiger partial charge in [0.1, 0.15) is 13.2 Å². The summed E-state index contributed by atoms with van der Waals surface area (Å²) in [6.45, 7) is 7.80. The van der Waals surface area contributed by atoms with E-state index in [1.54, 1.807) is 0 Å². The Morgan fingerprint density at radius 1 is 1.25 bits per heavy atom. The number of fused-ring (bicyclic) bond motifs is 1. The number of benzene rings is 1. The van der Waals surface area contributed by atoms with Gasteiger partial charge in [0, 0.05) is 6.54 Å². The van der Waals surface area contributed by atoms with Gasteiger partial charge in [-0.25, -0.2) is 4.79 Å². The Hall–Kier alpha value is -1.91. The second kappa shape index (κ2) is 6.50. The van der Waals surface area contributed by atoms with Crippen molar-refractivity contribution in [1.82, 2.24) is 10.6 Å². The van der Waals surface area contributed by atoms with Crippen molar-refractivity contribution in [3.8, 4) is 11.5 Å².